The van der Waals surface area contributed by atoms with Gasteiger partial charge in [0.25, 0.3) is 5.91 Å². The molecule has 0 spiro atoms. The van der Waals surface area contributed by atoms with Crippen LogP contribution in [-0.2, 0) is 0 Å². The van der Waals surface area contributed by atoms with E-state index in [0.29, 0.717) is 22.3 Å². The number of methoxy groups -OCH3 is 1. The Labute approximate surface area is 144 Å². The van der Waals surface area contributed by atoms with E-state index in [4.69, 9.17) is 9.15 Å². The molecule has 1 N–H and O–H groups in total. The number of nitrogens with one attached hydrogen (secondary N) is 1. The van der Waals surface area contributed by atoms with Crippen LogP contribution in [-0.4, -0.2) is 13.0 Å². The quantitative estimate of drug-likeness (QED) is 0.780. The van der Waals surface area contributed by atoms with E-state index < -0.39 is 6.04 Å². The van der Waals surface area contributed by atoms with Gasteiger partial charge in [0.1, 0.15) is 11.3 Å². The predicted molar refractivity (Wildman–Crippen MR) is 94.3 cm³/mol. The van der Waals surface area contributed by atoms with Gasteiger partial charge in [-0.3, -0.25) is 9.59 Å². The summed E-state index contributed by atoms with van der Waals surface area (Å²) in [4.78, 5) is 25.5. The predicted octanol–water partition coefficient (Wildman–Crippen LogP) is 3.25. The van der Waals surface area contributed by atoms with Crippen LogP contribution in [0.1, 0.15) is 38.9 Å². The molecule has 2 heterocycles. The van der Waals surface area contributed by atoms with Crippen LogP contribution in [0.15, 0.2) is 45.6 Å². The minimum Gasteiger partial charge on any atom is -0.497 e. The van der Waals surface area contributed by atoms with Crippen LogP contribution in [0.3, 0.4) is 0 Å². The third-order valence-corrected chi connectivity index (χ3v) is 4.59. The first kappa shape index (κ1) is 15.4. The first-order valence-electron chi connectivity index (χ1n) is 8.02. The second kappa shape index (κ2) is 5.48. The number of ether oxygens (including phenoxy) is 1. The van der Waals surface area contributed by atoms with E-state index in [1.165, 1.54) is 0 Å². The highest BCUT2D eigenvalue weighted by Crippen LogP contribution is 2.32. The maximum absolute atomic E-state index is 13.1. The van der Waals surface area contributed by atoms with Crippen molar-refractivity contribution in [1.82, 2.24) is 5.32 Å². The number of hydrogen-bond acceptors (Lipinski definition) is 4. The summed E-state index contributed by atoms with van der Waals surface area (Å²) < 4.78 is 11.0. The first-order chi connectivity index (χ1) is 12.0. The van der Waals surface area contributed by atoms with Crippen molar-refractivity contribution >= 4 is 16.9 Å². The van der Waals surface area contributed by atoms with Crippen LogP contribution in [0.25, 0.3) is 11.0 Å². The number of hydrogen-bond donors (Lipinski definition) is 1. The zero-order chi connectivity index (χ0) is 17.7. The van der Waals surface area contributed by atoms with E-state index in [-0.39, 0.29) is 17.1 Å². The van der Waals surface area contributed by atoms with Gasteiger partial charge in [0.05, 0.1) is 24.1 Å². The Balaban J connectivity index is 1.96. The van der Waals surface area contributed by atoms with Crippen LogP contribution in [0.2, 0.25) is 0 Å². The molecule has 1 unspecified atom stereocenters. The molecule has 1 aromatic heterocycles. The molecule has 0 saturated carbocycles. The maximum Gasteiger partial charge on any atom is 0.288 e. The first-order valence-corrected chi connectivity index (χ1v) is 8.02. The molecule has 4 rings (SSSR count). The topological polar surface area (TPSA) is 68.5 Å². The normalized spacial score (nSPS) is 16.0. The van der Waals surface area contributed by atoms with E-state index in [1.54, 1.807) is 25.3 Å². The Morgan fingerprint density at radius 1 is 1.08 bits per heavy atom. The van der Waals surface area contributed by atoms with Crippen molar-refractivity contribution in [2.45, 2.75) is 19.9 Å². The van der Waals surface area contributed by atoms with Crippen molar-refractivity contribution in [3.05, 3.63) is 74.6 Å². The van der Waals surface area contributed by atoms with Gasteiger partial charge in [-0.2, -0.15) is 0 Å². The largest absolute Gasteiger partial charge is 0.497 e. The molecule has 5 nitrogen and oxygen atoms in total. The van der Waals surface area contributed by atoms with E-state index in [1.807, 2.05) is 32.0 Å². The van der Waals surface area contributed by atoms with Gasteiger partial charge in [-0.05, 0) is 48.7 Å². The van der Waals surface area contributed by atoms with Gasteiger partial charge in [-0.15, -0.1) is 0 Å². The number of carbonyl (C=O) groups excluding carboxylic acids is 1. The lowest BCUT2D eigenvalue weighted by Crippen LogP contribution is -2.22. The Morgan fingerprint density at radius 2 is 1.80 bits per heavy atom. The number of amides is 1. The molecule has 5 heteroatoms. The molecule has 25 heavy (non-hydrogen) atoms. The highest BCUT2D eigenvalue weighted by Gasteiger charge is 2.36. The lowest BCUT2D eigenvalue weighted by molar-refractivity contribution is 0.0938. The molecule has 1 atom stereocenters. The summed E-state index contributed by atoms with van der Waals surface area (Å²) >= 11 is 0. The molecule has 3 aromatic rings. The molecule has 0 aliphatic carbocycles. The summed E-state index contributed by atoms with van der Waals surface area (Å²) in [5.41, 5.74) is 3.30. The summed E-state index contributed by atoms with van der Waals surface area (Å²) in [5.74, 6) is 0.447. The molecule has 1 aliphatic heterocycles. The van der Waals surface area contributed by atoms with Gasteiger partial charge < -0.3 is 14.5 Å². The van der Waals surface area contributed by atoms with Crippen LogP contribution in [0.5, 0.6) is 5.75 Å². The van der Waals surface area contributed by atoms with E-state index in [0.717, 1.165) is 16.7 Å². The zero-order valence-corrected chi connectivity index (χ0v) is 14.2. The average molecular weight is 335 g/mol. The number of aryl methyl sites for hydroxylation is 2. The van der Waals surface area contributed by atoms with Gasteiger partial charge in [-0.25, -0.2) is 0 Å². The van der Waals surface area contributed by atoms with Crippen LogP contribution >= 0.6 is 0 Å². The fraction of sp³-hybridized carbons (Fsp3) is 0.200. The molecule has 2 aromatic carbocycles. The van der Waals surface area contributed by atoms with Crippen molar-refractivity contribution in [3.8, 4) is 5.75 Å². The standard InChI is InChI=1S/C20H17NO4/c1-10-8-11(2)15-14(9-10)25-19-16(18(15)22)17(21-20(19)23)12-4-6-13(24-3)7-5-12/h4-9,17H,1-3H3,(H,21,23). The van der Waals surface area contributed by atoms with Gasteiger partial charge in [0, 0.05) is 0 Å². The second-order valence-electron chi connectivity index (χ2n) is 6.31. The molecule has 0 saturated heterocycles. The van der Waals surface area contributed by atoms with Crippen LogP contribution in [0, 0.1) is 13.8 Å². The molecule has 1 aliphatic rings. The molecule has 126 valence electrons. The Kier molecular flexibility index (Phi) is 3.39. The van der Waals surface area contributed by atoms with Crippen molar-refractivity contribution < 1.29 is 13.9 Å². The molecule has 0 bridgehead atoms. The molecular weight excluding hydrogens is 318 g/mol. The molecule has 0 radical (unpaired) electrons. The Morgan fingerprint density at radius 3 is 2.48 bits per heavy atom. The van der Waals surface area contributed by atoms with Gasteiger partial charge in [0.2, 0.25) is 5.76 Å². The monoisotopic (exact) mass is 335 g/mol. The zero-order valence-electron chi connectivity index (χ0n) is 14.2. The average Bonchev–Trinajstić information content (AvgIpc) is 2.91. The summed E-state index contributed by atoms with van der Waals surface area (Å²) in [6, 6.07) is 10.5. The summed E-state index contributed by atoms with van der Waals surface area (Å²) in [6.45, 7) is 3.81. The van der Waals surface area contributed by atoms with Crippen LogP contribution < -0.4 is 15.5 Å². The number of benzene rings is 2. The van der Waals surface area contributed by atoms with Crippen molar-refractivity contribution in [2.75, 3.05) is 7.11 Å². The van der Waals surface area contributed by atoms with E-state index in [9.17, 15) is 9.59 Å². The maximum atomic E-state index is 13.1. The highest BCUT2D eigenvalue weighted by molar-refractivity contribution is 5.99. The van der Waals surface area contributed by atoms with Crippen molar-refractivity contribution in [3.63, 3.8) is 0 Å². The third kappa shape index (κ3) is 2.31. The fourth-order valence-corrected chi connectivity index (χ4v) is 3.45. The molecule has 0 fully saturated rings. The van der Waals surface area contributed by atoms with Gasteiger partial charge >= 0.3 is 0 Å². The SMILES string of the molecule is COc1ccc(C2NC(=O)c3oc4cc(C)cc(C)c4c(=O)c32)cc1. The minimum atomic E-state index is -0.519. The smallest absolute Gasteiger partial charge is 0.288 e. The highest BCUT2D eigenvalue weighted by atomic mass is 16.5. The fourth-order valence-electron chi connectivity index (χ4n) is 3.45. The number of rotatable bonds is 2. The Hall–Kier alpha value is -3.08. The van der Waals surface area contributed by atoms with Crippen LogP contribution in [0.4, 0.5) is 0 Å². The van der Waals surface area contributed by atoms with Crippen molar-refractivity contribution in [1.29, 1.82) is 0 Å². The summed E-state index contributed by atoms with van der Waals surface area (Å²) in [6.07, 6.45) is 0. The summed E-state index contributed by atoms with van der Waals surface area (Å²) in [7, 11) is 1.59. The lowest BCUT2D eigenvalue weighted by atomic mass is 9.97. The minimum absolute atomic E-state index is 0.100. The molecule has 1 amide bonds. The second-order valence-corrected chi connectivity index (χ2v) is 6.31. The summed E-state index contributed by atoms with van der Waals surface area (Å²) in [5, 5.41) is 3.38. The van der Waals surface area contributed by atoms with Gasteiger partial charge in [0.15, 0.2) is 5.43 Å². The third-order valence-electron chi connectivity index (χ3n) is 4.59. The number of fused-ring (bicyclic) bond motifs is 2. The van der Waals surface area contributed by atoms with E-state index in [2.05, 4.69) is 5.32 Å². The molecular formula is C20H17NO4. The number of carbonyl (C=O) groups is 1. The van der Waals surface area contributed by atoms with Gasteiger partial charge in [-0.1, -0.05) is 18.2 Å². The van der Waals surface area contributed by atoms with E-state index >= 15 is 0 Å². The van der Waals surface area contributed by atoms with Crippen molar-refractivity contribution in [2.24, 2.45) is 0 Å². The Bertz CT molecular complexity index is 1060. The lowest BCUT2D eigenvalue weighted by Gasteiger charge is -2.12.